The summed E-state index contributed by atoms with van der Waals surface area (Å²) in [4.78, 5) is 29.6. The number of fused-ring (bicyclic) bond motifs is 1. The molecule has 0 saturated carbocycles. The van der Waals surface area contributed by atoms with E-state index in [2.05, 4.69) is 10.3 Å². The van der Waals surface area contributed by atoms with Crippen molar-refractivity contribution in [2.75, 3.05) is 5.32 Å². The molecule has 5 nitrogen and oxygen atoms in total. The van der Waals surface area contributed by atoms with Gasteiger partial charge in [0.25, 0.3) is 12.1 Å². The molecule has 1 amide bonds. The van der Waals surface area contributed by atoms with Crippen molar-refractivity contribution in [2.24, 2.45) is 10.9 Å². The highest BCUT2D eigenvalue weighted by Gasteiger charge is 2.30. The number of benzene rings is 2. The number of halogens is 1. The van der Waals surface area contributed by atoms with Gasteiger partial charge < -0.3 is 10.1 Å². The molecule has 0 fully saturated rings. The van der Waals surface area contributed by atoms with Crippen molar-refractivity contribution in [1.82, 2.24) is 0 Å². The Hall–Kier alpha value is -2.66. The second kappa shape index (κ2) is 8.35. The van der Waals surface area contributed by atoms with E-state index in [1.165, 1.54) is 0 Å². The fourth-order valence-corrected chi connectivity index (χ4v) is 3.17. The molecule has 0 aromatic heterocycles. The van der Waals surface area contributed by atoms with Crippen LogP contribution in [0.2, 0.25) is 5.02 Å². The fourth-order valence-electron chi connectivity index (χ4n) is 3.00. The molecule has 2 aromatic rings. The van der Waals surface area contributed by atoms with Gasteiger partial charge in [-0.25, -0.2) is 4.99 Å². The van der Waals surface area contributed by atoms with Crippen LogP contribution in [0.4, 0.5) is 5.69 Å². The smallest absolute Gasteiger partial charge is 0.311 e. The summed E-state index contributed by atoms with van der Waals surface area (Å²) in [6, 6.07) is 14.6. The molecule has 0 spiro atoms. The average Bonchev–Trinajstić information content (AvgIpc) is 2.80. The van der Waals surface area contributed by atoms with Crippen molar-refractivity contribution >= 4 is 34.9 Å². The van der Waals surface area contributed by atoms with Crippen LogP contribution in [-0.4, -0.2) is 23.8 Å². The van der Waals surface area contributed by atoms with E-state index in [0.29, 0.717) is 34.8 Å². The van der Waals surface area contributed by atoms with Gasteiger partial charge in [0.05, 0.1) is 17.3 Å². The summed E-state index contributed by atoms with van der Waals surface area (Å²) in [6.07, 6.45) is 0.0447. The first-order valence-electron chi connectivity index (χ1n) is 8.98. The van der Waals surface area contributed by atoms with Crippen LogP contribution in [-0.2, 0) is 14.3 Å². The van der Waals surface area contributed by atoms with E-state index in [-0.39, 0.29) is 5.92 Å². The summed E-state index contributed by atoms with van der Waals surface area (Å²) in [5.41, 5.74) is 2.62. The minimum atomic E-state index is -1.25. The van der Waals surface area contributed by atoms with Crippen molar-refractivity contribution in [1.29, 1.82) is 0 Å². The molecule has 3 rings (SSSR count). The number of ether oxygens (including phenoxy) is 1. The van der Waals surface area contributed by atoms with Crippen molar-refractivity contribution in [3.8, 4) is 0 Å². The van der Waals surface area contributed by atoms with E-state index in [0.717, 1.165) is 5.56 Å². The van der Waals surface area contributed by atoms with E-state index in [1.54, 1.807) is 18.2 Å². The molecule has 1 aliphatic heterocycles. The summed E-state index contributed by atoms with van der Waals surface area (Å²) in [5, 5.41) is 3.32. The van der Waals surface area contributed by atoms with E-state index >= 15 is 0 Å². The van der Waals surface area contributed by atoms with Crippen molar-refractivity contribution < 1.29 is 14.3 Å². The van der Waals surface area contributed by atoms with Gasteiger partial charge in [0.2, 0.25) is 0 Å². The normalized spacial score (nSPS) is 16.2. The summed E-state index contributed by atoms with van der Waals surface area (Å²) < 4.78 is 5.47. The largest absolute Gasteiger partial charge is 0.430 e. The van der Waals surface area contributed by atoms with Crippen molar-refractivity contribution in [3.05, 3.63) is 64.7 Å². The minimum absolute atomic E-state index is 0.256. The van der Waals surface area contributed by atoms with E-state index in [4.69, 9.17) is 16.3 Å². The van der Waals surface area contributed by atoms with Gasteiger partial charge in [-0.1, -0.05) is 55.8 Å². The first-order chi connectivity index (χ1) is 13.0. The first-order valence-corrected chi connectivity index (χ1v) is 9.35. The molecule has 1 heterocycles. The second-order valence-electron chi connectivity index (χ2n) is 6.33. The van der Waals surface area contributed by atoms with E-state index in [9.17, 15) is 9.59 Å². The Morgan fingerprint density at radius 3 is 2.59 bits per heavy atom. The topological polar surface area (TPSA) is 67.8 Å². The van der Waals surface area contributed by atoms with Crippen LogP contribution in [0.25, 0.3) is 0 Å². The number of carbonyl (C=O) groups is 2. The molecule has 27 heavy (non-hydrogen) atoms. The van der Waals surface area contributed by atoms with Crippen LogP contribution in [0.3, 0.4) is 0 Å². The lowest BCUT2D eigenvalue weighted by atomic mass is 10.0. The lowest BCUT2D eigenvalue weighted by Gasteiger charge is -2.16. The third-order valence-corrected chi connectivity index (χ3v) is 4.79. The van der Waals surface area contributed by atoms with Crippen LogP contribution in [0.1, 0.15) is 37.8 Å². The molecule has 140 valence electrons. The van der Waals surface area contributed by atoms with E-state index in [1.807, 2.05) is 44.2 Å². The Bertz CT molecular complexity index is 876. The van der Waals surface area contributed by atoms with E-state index < -0.39 is 18.1 Å². The van der Waals surface area contributed by atoms with Crippen LogP contribution in [0, 0.1) is 5.92 Å². The predicted molar refractivity (Wildman–Crippen MR) is 106 cm³/mol. The summed E-state index contributed by atoms with van der Waals surface area (Å²) in [5.74, 6) is -1.16. The number of aliphatic imine (C=N–C) groups is 1. The number of carbonyl (C=O) groups excluding carboxylic acids is 2. The maximum Gasteiger partial charge on any atom is 0.311 e. The number of nitrogens with zero attached hydrogens (tertiary/aromatic N) is 1. The van der Waals surface area contributed by atoms with Crippen LogP contribution < -0.4 is 5.32 Å². The molecular formula is C21H21ClN2O3. The zero-order valence-electron chi connectivity index (χ0n) is 15.2. The highest BCUT2D eigenvalue weighted by Crippen LogP contribution is 2.28. The van der Waals surface area contributed by atoms with Crippen LogP contribution in [0.5, 0.6) is 0 Å². The predicted octanol–water partition coefficient (Wildman–Crippen LogP) is 4.44. The van der Waals surface area contributed by atoms with Crippen LogP contribution in [0.15, 0.2) is 53.5 Å². The van der Waals surface area contributed by atoms with Crippen molar-refractivity contribution in [2.45, 2.75) is 32.9 Å². The number of anilines is 1. The molecule has 0 bridgehead atoms. The molecule has 0 aliphatic carbocycles. The van der Waals surface area contributed by atoms with Crippen LogP contribution >= 0.6 is 11.6 Å². The van der Waals surface area contributed by atoms with Crippen molar-refractivity contribution in [3.63, 3.8) is 0 Å². The fraction of sp³-hybridized carbons (Fsp3) is 0.286. The standard InChI is InChI=1S/C21H21ClN2O3/c1-3-13(4-2)21(26)27-20-19(25)23-17-11-10-15(22)12-16(17)18(24-20)14-8-6-5-7-9-14/h5-13,20H,3-4H2,1-2H3,(H,23,25)/i19+2. The number of benzodiazepines with no additional fused rings is 1. The zero-order valence-corrected chi connectivity index (χ0v) is 16.0. The number of hydrogen-bond acceptors (Lipinski definition) is 4. The molecule has 0 saturated heterocycles. The highest BCUT2D eigenvalue weighted by molar-refractivity contribution is 6.32. The molecule has 1 atom stereocenters. The summed E-state index contributed by atoms with van der Waals surface area (Å²) in [7, 11) is 0. The first kappa shape index (κ1) is 19.1. The third-order valence-electron chi connectivity index (χ3n) is 4.56. The number of esters is 1. The van der Waals surface area contributed by atoms with Gasteiger partial charge in [0.15, 0.2) is 0 Å². The van der Waals surface area contributed by atoms with Gasteiger partial charge >= 0.3 is 5.97 Å². The maximum absolute atomic E-state index is 12.6. The Balaban J connectivity index is 2.05. The molecule has 1 aliphatic rings. The SMILES string of the molecule is CCC(CC)C(=O)OC1N=C(c2ccccc2)c2cc(Cl)ccc2N[14C]1=O. The summed E-state index contributed by atoms with van der Waals surface area (Å²) in [6.45, 7) is 3.83. The lowest BCUT2D eigenvalue weighted by Crippen LogP contribution is -2.32. The van der Waals surface area contributed by atoms with Gasteiger partial charge in [-0.05, 0) is 31.0 Å². The number of rotatable bonds is 5. The van der Waals surface area contributed by atoms with Gasteiger partial charge in [0, 0.05) is 16.1 Å². The van der Waals surface area contributed by atoms with Gasteiger partial charge in [-0.2, -0.15) is 0 Å². The average molecular weight is 387 g/mol. The molecule has 0 radical (unpaired) electrons. The maximum atomic E-state index is 12.6. The van der Waals surface area contributed by atoms with Gasteiger partial charge in [-0.15, -0.1) is 0 Å². The number of amides is 1. The monoisotopic (exact) mass is 386 g/mol. The molecule has 1 unspecified atom stereocenters. The Morgan fingerprint density at radius 2 is 1.93 bits per heavy atom. The lowest BCUT2D eigenvalue weighted by molar-refractivity contribution is -0.158. The van der Waals surface area contributed by atoms with Gasteiger partial charge in [0.1, 0.15) is 0 Å². The van der Waals surface area contributed by atoms with Gasteiger partial charge in [-0.3, -0.25) is 9.59 Å². The molecule has 2 aromatic carbocycles. The third kappa shape index (κ3) is 4.19. The Kier molecular flexibility index (Phi) is 5.91. The zero-order chi connectivity index (χ0) is 19.4. The molecular weight excluding hydrogens is 366 g/mol. The molecule has 1 N–H and O–H groups in total. The summed E-state index contributed by atoms with van der Waals surface area (Å²) >= 11 is 6.17. The minimum Gasteiger partial charge on any atom is -0.430 e. The second-order valence-corrected chi connectivity index (χ2v) is 6.76. The number of nitrogens with one attached hydrogen (secondary N) is 1. The Labute approximate surface area is 163 Å². The molecule has 6 heteroatoms. The highest BCUT2D eigenvalue weighted by atomic mass is 35.5. The quantitative estimate of drug-likeness (QED) is 0.772. The number of hydrogen-bond donors (Lipinski definition) is 1. The Morgan fingerprint density at radius 1 is 1.22 bits per heavy atom.